The van der Waals surface area contributed by atoms with Crippen molar-refractivity contribution in [2.45, 2.75) is 32.6 Å². The molecule has 0 bridgehead atoms. The maximum Gasteiger partial charge on any atom is 0.233 e. The number of hydrogen-bond donors (Lipinski definition) is 0. The minimum atomic E-state index is -0.173. The molecule has 1 saturated heterocycles. The summed E-state index contributed by atoms with van der Waals surface area (Å²) >= 11 is 0. The normalized spacial score (nSPS) is 24.5. The Balaban J connectivity index is 1.72. The van der Waals surface area contributed by atoms with E-state index in [1.807, 2.05) is 12.1 Å². The highest BCUT2D eigenvalue weighted by Crippen LogP contribution is 2.39. The maximum absolute atomic E-state index is 12.3. The first-order valence-electron chi connectivity index (χ1n) is 7.59. The number of benzene rings is 1. The molecule has 2 fully saturated rings. The molecule has 2 atom stereocenters. The van der Waals surface area contributed by atoms with Crippen LogP contribution in [-0.2, 0) is 16.0 Å². The number of rotatable bonds is 4. The van der Waals surface area contributed by atoms with Crippen molar-refractivity contribution in [3.63, 3.8) is 0 Å². The topological polar surface area (TPSA) is 54.5 Å². The molecule has 2 unspecified atom stereocenters. The smallest absolute Gasteiger partial charge is 0.233 e. The van der Waals surface area contributed by atoms with E-state index < -0.39 is 0 Å². The molecule has 1 aliphatic heterocycles. The zero-order valence-corrected chi connectivity index (χ0v) is 12.2. The quantitative estimate of drug-likeness (QED) is 0.629. The molecule has 1 aromatic carbocycles. The molecule has 1 heterocycles. The number of Topliss-reactive ketones (excluding diaryl/α,β-unsaturated/α-hetero) is 1. The molecule has 0 N–H and O–H groups in total. The van der Waals surface area contributed by atoms with Gasteiger partial charge in [0.2, 0.25) is 11.8 Å². The Hall–Kier alpha value is -1.97. The van der Waals surface area contributed by atoms with E-state index >= 15 is 0 Å². The second-order valence-corrected chi connectivity index (χ2v) is 5.88. The Morgan fingerprint density at radius 3 is 2.19 bits per heavy atom. The summed E-state index contributed by atoms with van der Waals surface area (Å²) in [5.74, 6) is -0.818. The standard InChI is InChI=1S/C17H19NO3/c1-2-11-6-8-12(9-7-11)15(19)10-18-16(20)13-4-3-5-14(13)17(18)21/h6-9,13-14H,2-5,10H2,1H3. The molecule has 4 nitrogen and oxygen atoms in total. The number of ketones is 1. The Morgan fingerprint density at radius 1 is 1.10 bits per heavy atom. The Kier molecular flexibility index (Phi) is 3.62. The van der Waals surface area contributed by atoms with Gasteiger partial charge < -0.3 is 0 Å². The van der Waals surface area contributed by atoms with Gasteiger partial charge in [0, 0.05) is 5.56 Å². The number of nitrogens with zero attached hydrogens (tertiary/aromatic N) is 1. The largest absolute Gasteiger partial charge is 0.292 e. The lowest BCUT2D eigenvalue weighted by Gasteiger charge is -2.15. The summed E-state index contributed by atoms with van der Waals surface area (Å²) < 4.78 is 0. The average Bonchev–Trinajstić information content (AvgIpc) is 3.07. The monoisotopic (exact) mass is 285 g/mol. The van der Waals surface area contributed by atoms with E-state index in [4.69, 9.17) is 0 Å². The lowest BCUT2D eigenvalue weighted by atomic mass is 10.00. The van der Waals surface area contributed by atoms with E-state index in [9.17, 15) is 14.4 Å². The minimum absolute atomic E-state index is 0.115. The molecule has 3 rings (SSSR count). The molecule has 110 valence electrons. The second kappa shape index (κ2) is 5.43. The van der Waals surface area contributed by atoms with Crippen molar-refractivity contribution in [1.82, 2.24) is 4.90 Å². The molecule has 4 heteroatoms. The van der Waals surface area contributed by atoms with Crippen molar-refractivity contribution in [3.8, 4) is 0 Å². The van der Waals surface area contributed by atoms with Crippen molar-refractivity contribution < 1.29 is 14.4 Å². The van der Waals surface area contributed by atoms with Crippen LogP contribution in [0.15, 0.2) is 24.3 Å². The summed E-state index contributed by atoms with van der Waals surface area (Å²) in [6.07, 6.45) is 3.42. The van der Waals surface area contributed by atoms with E-state index in [0.717, 1.165) is 31.2 Å². The van der Waals surface area contributed by atoms with Crippen molar-refractivity contribution in [1.29, 1.82) is 0 Å². The van der Waals surface area contributed by atoms with Gasteiger partial charge in [-0.3, -0.25) is 19.3 Å². The van der Waals surface area contributed by atoms with Gasteiger partial charge in [0.1, 0.15) is 0 Å². The lowest BCUT2D eigenvalue weighted by molar-refractivity contribution is -0.139. The van der Waals surface area contributed by atoms with Gasteiger partial charge in [-0.05, 0) is 24.8 Å². The fourth-order valence-corrected chi connectivity index (χ4v) is 3.38. The third-order valence-corrected chi connectivity index (χ3v) is 4.67. The number of aryl methyl sites for hydroxylation is 1. The SMILES string of the molecule is CCc1ccc(C(=O)CN2C(=O)C3CCCC3C2=O)cc1. The Morgan fingerprint density at radius 2 is 1.67 bits per heavy atom. The zero-order valence-electron chi connectivity index (χ0n) is 12.2. The first-order chi connectivity index (χ1) is 10.1. The number of carbonyl (C=O) groups excluding carboxylic acids is 3. The number of imide groups is 1. The van der Waals surface area contributed by atoms with Crippen LogP contribution >= 0.6 is 0 Å². The Bertz CT molecular complexity index is 569. The second-order valence-electron chi connectivity index (χ2n) is 5.88. The van der Waals surface area contributed by atoms with Crippen LogP contribution < -0.4 is 0 Å². The molecule has 0 spiro atoms. The molecule has 1 aliphatic carbocycles. The third kappa shape index (κ3) is 2.39. The minimum Gasteiger partial charge on any atom is -0.292 e. The van der Waals surface area contributed by atoms with Crippen LogP contribution in [0.2, 0.25) is 0 Å². The van der Waals surface area contributed by atoms with Crippen LogP contribution in [0.5, 0.6) is 0 Å². The van der Waals surface area contributed by atoms with Gasteiger partial charge >= 0.3 is 0 Å². The summed E-state index contributed by atoms with van der Waals surface area (Å²) in [5, 5.41) is 0. The van der Waals surface area contributed by atoms with Crippen LogP contribution in [0.4, 0.5) is 0 Å². The Labute approximate surface area is 124 Å². The summed E-state index contributed by atoms with van der Waals surface area (Å²) in [5.41, 5.74) is 1.72. The van der Waals surface area contributed by atoms with E-state index in [1.165, 1.54) is 4.90 Å². The molecule has 1 aromatic rings. The van der Waals surface area contributed by atoms with Gasteiger partial charge in [0.15, 0.2) is 5.78 Å². The summed E-state index contributed by atoms with van der Waals surface area (Å²) in [6, 6.07) is 7.37. The van der Waals surface area contributed by atoms with Crippen molar-refractivity contribution in [3.05, 3.63) is 35.4 Å². The molecular weight excluding hydrogens is 266 g/mol. The van der Waals surface area contributed by atoms with Gasteiger partial charge in [-0.15, -0.1) is 0 Å². The number of likely N-dealkylation sites (tertiary alicyclic amines) is 1. The van der Waals surface area contributed by atoms with Crippen LogP contribution in [-0.4, -0.2) is 29.0 Å². The van der Waals surface area contributed by atoms with Crippen LogP contribution in [0, 0.1) is 11.8 Å². The van der Waals surface area contributed by atoms with Crippen LogP contribution in [0.1, 0.15) is 42.1 Å². The van der Waals surface area contributed by atoms with Crippen LogP contribution in [0.3, 0.4) is 0 Å². The molecule has 0 radical (unpaired) electrons. The number of carbonyl (C=O) groups is 3. The van der Waals surface area contributed by atoms with Gasteiger partial charge in [0.05, 0.1) is 18.4 Å². The third-order valence-electron chi connectivity index (χ3n) is 4.67. The van der Waals surface area contributed by atoms with Gasteiger partial charge in [-0.1, -0.05) is 37.6 Å². The first kappa shape index (κ1) is 14.0. The highest BCUT2D eigenvalue weighted by atomic mass is 16.2. The van der Waals surface area contributed by atoms with Gasteiger partial charge in [-0.2, -0.15) is 0 Å². The lowest BCUT2D eigenvalue weighted by Crippen LogP contribution is -2.36. The fraction of sp³-hybridized carbons (Fsp3) is 0.471. The molecule has 2 amide bonds. The molecule has 2 aliphatic rings. The molecule has 1 saturated carbocycles. The number of fused-ring (bicyclic) bond motifs is 1. The summed E-state index contributed by atoms with van der Waals surface area (Å²) in [7, 11) is 0. The van der Waals surface area contributed by atoms with Gasteiger partial charge in [0.25, 0.3) is 0 Å². The highest BCUT2D eigenvalue weighted by molar-refractivity contribution is 6.10. The van der Waals surface area contributed by atoms with Gasteiger partial charge in [-0.25, -0.2) is 0 Å². The van der Waals surface area contributed by atoms with E-state index in [-0.39, 0.29) is 36.0 Å². The van der Waals surface area contributed by atoms with E-state index in [2.05, 4.69) is 6.92 Å². The van der Waals surface area contributed by atoms with E-state index in [1.54, 1.807) is 12.1 Å². The fourth-order valence-electron chi connectivity index (χ4n) is 3.38. The summed E-state index contributed by atoms with van der Waals surface area (Å²) in [6.45, 7) is 1.94. The molecule has 21 heavy (non-hydrogen) atoms. The van der Waals surface area contributed by atoms with Crippen molar-refractivity contribution in [2.24, 2.45) is 11.8 Å². The van der Waals surface area contributed by atoms with Crippen molar-refractivity contribution >= 4 is 17.6 Å². The van der Waals surface area contributed by atoms with E-state index in [0.29, 0.717) is 5.56 Å². The van der Waals surface area contributed by atoms with Crippen LogP contribution in [0.25, 0.3) is 0 Å². The summed E-state index contributed by atoms with van der Waals surface area (Å²) in [4.78, 5) is 37.9. The number of hydrogen-bond acceptors (Lipinski definition) is 3. The van der Waals surface area contributed by atoms with Crippen molar-refractivity contribution in [2.75, 3.05) is 6.54 Å². The predicted molar refractivity (Wildman–Crippen MR) is 77.7 cm³/mol. The number of amides is 2. The molecule has 0 aromatic heterocycles. The average molecular weight is 285 g/mol. The first-order valence-corrected chi connectivity index (χ1v) is 7.59. The zero-order chi connectivity index (χ0) is 15.0. The maximum atomic E-state index is 12.3. The molecular formula is C17H19NO3. The predicted octanol–water partition coefficient (Wildman–Crippen LogP) is 2.22. The highest BCUT2D eigenvalue weighted by Gasteiger charge is 2.49.